The Balaban J connectivity index is 1.90. The maximum atomic E-state index is 10.1. The highest BCUT2D eigenvalue weighted by Crippen LogP contribution is 2.19. The van der Waals surface area contributed by atoms with Crippen molar-refractivity contribution in [3.63, 3.8) is 0 Å². The number of piperazine rings is 1. The van der Waals surface area contributed by atoms with Crippen molar-refractivity contribution < 1.29 is 5.11 Å². The highest BCUT2D eigenvalue weighted by molar-refractivity contribution is 4.93. The summed E-state index contributed by atoms with van der Waals surface area (Å²) in [4.78, 5) is 7.21. The van der Waals surface area contributed by atoms with E-state index in [-0.39, 0.29) is 6.10 Å². The highest BCUT2D eigenvalue weighted by Gasteiger charge is 2.36. The highest BCUT2D eigenvalue weighted by atomic mass is 16.3. The molecule has 16 heavy (non-hydrogen) atoms. The molecule has 0 aliphatic carbocycles. The van der Waals surface area contributed by atoms with Gasteiger partial charge < -0.3 is 10.0 Å². The Labute approximate surface area is 98.8 Å². The van der Waals surface area contributed by atoms with Gasteiger partial charge in [-0.2, -0.15) is 0 Å². The first-order chi connectivity index (χ1) is 7.58. The third-order valence-corrected chi connectivity index (χ3v) is 4.02. The summed E-state index contributed by atoms with van der Waals surface area (Å²) in [6, 6.07) is 0.906. The van der Waals surface area contributed by atoms with E-state index in [4.69, 9.17) is 0 Å². The van der Waals surface area contributed by atoms with E-state index in [1.54, 1.807) is 0 Å². The largest absolute Gasteiger partial charge is 0.390 e. The molecule has 94 valence electrons. The lowest BCUT2D eigenvalue weighted by Crippen LogP contribution is -2.52. The molecule has 0 bridgehead atoms. The average molecular weight is 227 g/mol. The summed E-state index contributed by atoms with van der Waals surface area (Å²) in [7, 11) is 2.17. The Bertz CT molecular complexity index is 226. The van der Waals surface area contributed by atoms with Crippen LogP contribution in [0.15, 0.2) is 0 Å². The third-order valence-electron chi connectivity index (χ3n) is 4.02. The number of likely N-dealkylation sites (tertiary alicyclic amines) is 1. The Hall–Kier alpha value is -0.160. The first kappa shape index (κ1) is 12.3. The lowest BCUT2D eigenvalue weighted by molar-refractivity contribution is 0.0512. The van der Waals surface area contributed by atoms with E-state index in [1.807, 2.05) is 0 Å². The van der Waals surface area contributed by atoms with E-state index < -0.39 is 0 Å². The minimum absolute atomic E-state index is 0.161. The Morgan fingerprint density at radius 1 is 1.06 bits per heavy atom. The van der Waals surface area contributed by atoms with Crippen molar-refractivity contribution in [1.29, 1.82) is 0 Å². The molecule has 0 aromatic rings. The minimum atomic E-state index is -0.161. The maximum absolute atomic E-state index is 10.1. The molecule has 2 atom stereocenters. The number of nitrogens with zero attached hydrogens (tertiary/aromatic N) is 3. The second kappa shape index (κ2) is 5.00. The SMILES string of the molecule is CC(C)N1C[C@H](O)[C@@H](N2CCN(C)CC2)C1. The summed E-state index contributed by atoms with van der Waals surface area (Å²) in [5.74, 6) is 0. The molecule has 4 nitrogen and oxygen atoms in total. The summed E-state index contributed by atoms with van der Waals surface area (Å²) in [6.45, 7) is 10.7. The van der Waals surface area contributed by atoms with Crippen molar-refractivity contribution in [2.24, 2.45) is 0 Å². The van der Waals surface area contributed by atoms with Crippen LogP contribution in [-0.4, -0.2) is 84.3 Å². The van der Waals surface area contributed by atoms with Gasteiger partial charge in [0.2, 0.25) is 0 Å². The first-order valence-corrected chi connectivity index (χ1v) is 6.42. The van der Waals surface area contributed by atoms with Crippen LogP contribution >= 0.6 is 0 Å². The smallest absolute Gasteiger partial charge is 0.0834 e. The quantitative estimate of drug-likeness (QED) is 0.701. The van der Waals surface area contributed by atoms with Crippen molar-refractivity contribution in [2.45, 2.75) is 32.0 Å². The molecule has 0 unspecified atom stereocenters. The molecule has 0 amide bonds. The zero-order chi connectivity index (χ0) is 11.7. The van der Waals surface area contributed by atoms with E-state index >= 15 is 0 Å². The van der Waals surface area contributed by atoms with Crippen molar-refractivity contribution >= 4 is 0 Å². The molecule has 0 aromatic heterocycles. The van der Waals surface area contributed by atoms with E-state index in [0.717, 1.165) is 39.3 Å². The first-order valence-electron chi connectivity index (χ1n) is 6.42. The molecule has 1 N–H and O–H groups in total. The van der Waals surface area contributed by atoms with Crippen LogP contribution in [0.3, 0.4) is 0 Å². The number of aliphatic hydroxyl groups is 1. The number of hydrogen-bond acceptors (Lipinski definition) is 4. The average Bonchev–Trinajstić information content (AvgIpc) is 2.62. The molecule has 2 aliphatic heterocycles. The topological polar surface area (TPSA) is 30.0 Å². The van der Waals surface area contributed by atoms with Gasteiger partial charge in [0.1, 0.15) is 0 Å². The van der Waals surface area contributed by atoms with Gasteiger partial charge in [-0.25, -0.2) is 0 Å². The summed E-state index contributed by atoms with van der Waals surface area (Å²) in [5, 5.41) is 10.1. The molecular formula is C12H25N3O. The van der Waals surface area contributed by atoms with Gasteiger partial charge in [-0.15, -0.1) is 0 Å². The lowest BCUT2D eigenvalue weighted by Gasteiger charge is -2.37. The van der Waals surface area contributed by atoms with E-state index in [2.05, 4.69) is 35.6 Å². The molecule has 0 spiro atoms. The monoisotopic (exact) mass is 227 g/mol. The summed E-state index contributed by atoms with van der Waals surface area (Å²) >= 11 is 0. The Morgan fingerprint density at radius 3 is 2.19 bits per heavy atom. The predicted molar refractivity (Wildman–Crippen MR) is 65.6 cm³/mol. The predicted octanol–water partition coefficient (Wildman–Crippen LogP) is -0.313. The van der Waals surface area contributed by atoms with Gasteiger partial charge in [0, 0.05) is 51.4 Å². The molecular weight excluding hydrogens is 202 g/mol. The van der Waals surface area contributed by atoms with E-state index in [0.29, 0.717) is 12.1 Å². The zero-order valence-corrected chi connectivity index (χ0v) is 10.8. The van der Waals surface area contributed by atoms with Crippen molar-refractivity contribution in [1.82, 2.24) is 14.7 Å². The Kier molecular flexibility index (Phi) is 3.85. The molecule has 0 radical (unpaired) electrons. The van der Waals surface area contributed by atoms with Gasteiger partial charge in [-0.1, -0.05) is 0 Å². The summed E-state index contributed by atoms with van der Waals surface area (Å²) in [6.07, 6.45) is -0.161. The normalized spacial score (nSPS) is 35.1. The van der Waals surface area contributed by atoms with E-state index in [1.165, 1.54) is 0 Å². The maximum Gasteiger partial charge on any atom is 0.0834 e. The van der Waals surface area contributed by atoms with Gasteiger partial charge in [0.05, 0.1) is 6.10 Å². The molecule has 2 saturated heterocycles. The second-order valence-corrected chi connectivity index (χ2v) is 5.52. The van der Waals surface area contributed by atoms with Gasteiger partial charge >= 0.3 is 0 Å². The summed E-state index contributed by atoms with van der Waals surface area (Å²) < 4.78 is 0. The lowest BCUT2D eigenvalue weighted by atomic mass is 10.1. The second-order valence-electron chi connectivity index (χ2n) is 5.52. The van der Waals surface area contributed by atoms with Crippen molar-refractivity contribution in [3.05, 3.63) is 0 Å². The van der Waals surface area contributed by atoms with Crippen LogP contribution in [0.1, 0.15) is 13.8 Å². The molecule has 2 aliphatic rings. The van der Waals surface area contributed by atoms with Gasteiger partial charge in [-0.05, 0) is 20.9 Å². The van der Waals surface area contributed by atoms with Crippen LogP contribution in [0.2, 0.25) is 0 Å². The molecule has 2 heterocycles. The number of likely N-dealkylation sites (N-methyl/N-ethyl adjacent to an activating group) is 1. The fourth-order valence-electron chi connectivity index (χ4n) is 2.73. The van der Waals surface area contributed by atoms with Crippen LogP contribution in [0.4, 0.5) is 0 Å². The zero-order valence-electron chi connectivity index (χ0n) is 10.8. The Morgan fingerprint density at radius 2 is 1.69 bits per heavy atom. The number of aliphatic hydroxyl groups excluding tert-OH is 1. The van der Waals surface area contributed by atoms with Crippen molar-refractivity contribution in [2.75, 3.05) is 46.3 Å². The molecule has 2 fully saturated rings. The van der Waals surface area contributed by atoms with Crippen LogP contribution in [0.5, 0.6) is 0 Å². The van der Waals surface area contributed by atoms with Crippen LogP contribution in [-0.2, 0) is 0 Å². The molecule has 4 heteroatoms. The van der Waals surface area contributed by atoms with Crippen molar-refractivity contribution in [3.8, 4) is 0 Å². The van der Waals surface area contributed by atoms with Gasteiger partial charge in [-0.3, -0.25) is 9.80 Å². The number of hydrogen-bond donors (Lipinski definition) is 1. The van der Waals surface area contributed by atoms with Crippen LogP contribution < -0.4 is 0 Å². The third kappa shape index (κ3) is 2.56. The van der Waals surface area contributed by atoms with Crippen LogP contribution in [0.25, 0.3) is 0 Å². The molecule has 0 saturated carbocycles. The van der Waals surface area contributed by atoms with E-state index in [9.17, 15) is 5.11 Å². The molecule has 0 aromatic carbocycles. The minimum Gasteiger partial charge on any atom is -0.390 e. The van der Waals surface area contributed by atoms with Gasteiger partial charge in [0.15, 0.2) is 0 Å². The number of rotatable bonds is 2. The number of β-amino-alcohol motifs (C(OH)–C–C–N with tert-alkyl or cyclic N) is 1. The van der Waals surface area contributed by atoms with Gasteiger partial charge in [0.25, 0.3) is 0 Å². The fraction of sp³-hybridized carbons (Fsp3) is 1.00. The standard InChI is InChI=1S/C12H25N3O/c1-10(2)15-8-11(12(16)9-15)14-6-4-13(3)5-7-14/h10-12,16H,4-9H2,1-3H3/t11-,12-/m0/s1. The summed E-state index contributed by atoms with van der Waals surface area (Å²) in [5.41, 5.74) is 0. The van der Waals surface area contributed by atoms with Crippen LogP contribution in [0, 0.1) is 0 Å². The molecule has 2 rings (SSSR count). The fourth-order valence-corrected chi connectivity index (χ4v) is 2.73.